The molecule has 1 fully saturated rings. The summed E-state index contributed by atoms with van der Waals surface area (Å²) in [5, 5.41) is 6.67. The van der Waals surface area contributed by atoms with Crippen molar-refractivity contribution in [3.05, 3.63) is 53.6 Å². The molecule has 0 aromatic heterocycles. The summed E-state index contributed by atoms with van der Waals surface area (Å²) in [4.78, 5) is 18.4. The Balaban J connectivity index is 1.30. The molecule has 1 amide bonds. The smallest absolute Gasteiger partial charge is 0.231 e. The second kappa shape index (κ2) is 9.52. The highest BCUT2D eigenvalue weighted by atomic mass is 16.7. The van der Waals surface area contributed by atoms with Gasteiger partial charge in [0.1, 0.15) is 0 Å². The van der Waals surface area contributed by atoms with Crippen LogP contribution in [-0.2, 0) is 17.8 Å². The quantitative estimate of drug-likeness (QED) is 0.544. The zero-order chi connectivity index (χ0) is 20.8. The molecule has 4 rings (SSSR count). The fourth-order valence-electron chi connectivity index (χ4n) is 3.64. The van der Waals surface area contributed by atoms with Crippen LogP contribution in [0, 0.1) is 0 Å². The van der Waals surface area contributed by atoms with E-state index in [4.69, 9.17) is 9.47 Å². The minimum absolute atomic E-state index is 0.210. The van der Waals surface area contributed by atoms with Crippen LogP contribution in [0.2, 0.25) is 0 Å². The van der Waals surface area contributed by atoms with Gasteiger partial charge >= 0.3 is 0 Å². The van der Waals surface area contributed by atoms with Gasteiger partial charge < -0.3 is 25.0 Å². The number of benzene rings is 2. The van der Waals surface area contributed by atoms with E-state index in [1.54, 1.807) is 0 Å². The van der Waals surface area contributed by atoms with E-state index in [-0.39, 0.29) is 5.91 Å². The number of amides is 1. The molecule has 7 nitrogen and oxygen atoms in total. The Bertz CT molecular complexity index is 911. The third-order valence-electron chi connectivity index (χ3n) is 5.23. The molecule has 7 heteroatoms. The van der Waals surface area contributed by atoms with Gasteiger partial charge in [0.2, 0.25) is 12.7 Å². The molecule has 30 heavy (non-hydrogen) atoms. The van der Waals surface area contributed by atoms with Gasteiger partial charge in [0.25, 0.3) is 0 Å². The highest BCUT2D eigenvalue weighted by molar-refractivity contribution is 5.95. The Hall–Kier alpha value is -3.22. The lowest BCUT2D eigenvalue weighted by Crippen LogP contribution is -2.38. The third-order valence-corrected chi connectivity index (χ3v) is 5.23. The minimum Gasteiger partial charge on any atom is -0.454 e. The van der Waals surface area contributed by atoms with Gasteiger partial charge in [-0.2, -0.15) is 0 Å². The monoisotopic (exact) mass is 408 g/mol. The number of carbonyl (C=O) groups is 1. The standard InChI is InChI=1S/C23H28N4O3/c1-2-24-23(25-12-11-17-7-10-20-21(14-17)30-16-29-20)26-15-18-5-8-19(9-6-18)27-13-3-4-22(27)28/h5-10,14H,2-4,11-13,15-16H2,1H3,(H2,24,25,26). The van der Waals surface area contributed by atoms with Gasteiger partial charge in [0.15, 0.2) is 17.5 Å². The molecular formula is C23H28N4O3. The largest absolute Gasteiger partial charge is 0.454 e. The second-order valence-electron chi connectivity index (χ2n) is 7.37. The number of ether oxygens (including phenoxy) is 2. The van der Waals surface area contributed by atoms with Gasteiger partial charge in [0.05, 0.1) is 6.54 Å². The number of anilines is 1. The van der Waals surface area contributed by atoms with Crippen molar-refractivity contribution >= 4 is 17.6 Å². The fraction of sp³-hybridized carbons (Fsp3) is 0.391. The van der Waals surface area contributed by atoms with Gasteiger partial charge in [-0.25, -0.2) is 4.99 Å². The molecule has 1 saturated heterocycles. The molecule has 0 aliphatic carbocycles. The zero-order valence-corrected chi connectivity index (χ0v) is 17.3. The first-order chi connectivity index (χ1) is 14.7. The molecule has 2 aromatic rings. The molecular weight excluding hydrogens is 380 g/mol. The molecule has 0 saturated carbocycles. The lowest BCUT2D eigenvalue weighted by molar-refractivity contribution is -0.117. The predicted octanol–water partition coefficient (Wildman–Crippen LogP) is 2.84. The molecule has 158 valence electrons. The number of hydrogen-bond acceptors (Lipinski definition) is 4. The Morgan fingerprint density at radius 2 is 1.87 bits per heavy atom. The SMILES string of the molecule is CCNC(=NCc1ccc(N2CCCC2=O)cc1)NCCc1ccc2c(c1)OCO2. The topological polar surface area (TPSA) is 75.2 Å². The molecule has 2 aliphatic rings. The van der Waals surface area contributed by atoms with Crippen LogP contribution in [0.1, 0.15) is 30.9 Å². The maximum absolute atomic E-state index is 11.9. The molecule has 0 atom stereocenters. The van der Waals surface area contributed by atoms with Crippen molar-refractivity contribution in [2.75, 3.05) is 31.3 Å². The average molecular weight is 409 g/mol. The Kier molecular flexibility index (Phi) is 6.37. The Morgan fingerprint density at radius 3 is 2.63 bits per heavy atom. The maximum atomic E-state index is 11.9. The van der Waals surface area contributed by atoms with E-state index in [2.05, 4.69) is 28.6 Å². The van der Waals surface area contributed by atoms with Gasteiger partial charge in [-0.15, -0.1) is 0 Å². The van der Waals surface area contributed by atoms with Crippen molar-refractivity contribution in [2.45, 2.75) is 32.7 Å². The second-order valence-corrected chi connectivity index (χ2v) is 7.37. The third kappa shape index (κ3) is 4.84. The number of aliphatic imine (C=N–C) groups is 1. The van der Waals surface area contributed by atoms with Crippen LogP contribution in [0.3, 0.4) is 0 Å². The summed E-state index contributed by atoms with van der Waals surface area (Å²) < 4.78 is 10.8. The van der Waals surface area contributed by atoms with E-state index in [1.807, 2.05) is 41.3 Å². The van der Waals surface area contributed by atoms with E-state index in [0.29, 0.717) is 19.8 Å². The molecule has 0 bridgehead atoms. The van der Waals surface area contributed by atoms with Gasteiger partial charge in [-0.05, 0) is 55.2 Å². The number of rotatable bonds is 7. The van der Waals surface area contributed by atoms with Crippen molar-refractivity contribution in [2.24, 2.45) is 4.99 Å². The van der Waals surface area contributed by atoms with E-state index >= 15 is 0 Å². The highest BCUT2D eigenvalue weighted by Crippen LogP contribution is 2.32. The summed E-state index contributed by atoms with van der Waals surface area (Å²) in [6.45, 7) is 5.30. The zero-order valence-electron chi connectivity index (χ0n) is 17.3. The fourth-order valence-corrected chi connectivity index (χ4v) is 3.64. The normalized spacial score (nSPS) is 15.6. The molecule has 0 spiro atoms. The van der Waals surface area contributed by atoms with Gasteiger partial charge in [0, 0.05) is 31.7 Å². The highest BCUT2D eigenvalue weighted by Gasteiger charge is 2.21. The predicted molar refractivity (Wildman–Crippen MR) is 117 cm³/mol. The lowest BCUT2D eigenvalue weighted by Gasteiger charge is -2.16. The van der Waals surface area contributed by atoms with Crippen LogP contribution in [0.5, 0.6) is 11.5 Å². The summed E-state index contributed by atoms with van der Waals surface area (Å²) in [5.41, 5.74) is 3.27. The summed E-state index contributed by atoms with van der Waals surface area (Å²) >= 11 is 0. The van der Waals surface area contributed by atoms with Crippen LogP contribution < -0.4 is 25.0 Å². The van der Waals surface area contributed by atoms with E-state index < -0.39 is 0 Å². The summed E-state index contributed by atoms with van der Waals surface area (Å²) in [5.74, 6) is 2.62. The molecule has 2 aromatic carbocycles. The van der Waals surface area contributed by atoms with Crippen molar-refractivity contribution in [1.29, 1.82) is 0 Å². The van der Waals surface area contributed by atoms with Crippen molar-refractivity contribution in [1.82, 2.24) is 10.6 Å². The number of guanidine groups is 1. The first-order valence-corrected chi connectivity index (χ1v) is 10.5. The minimum atomic E-state index is 0.210. The first-order valence-electron chi connectivity index (χ1n) is 10.5. The van der Waals surface area contributed by atoms with E-state index in [0.717, 1.165) is 61.2 Å². The van der Waals surface area contributed by atoms with Gasteiger partial charge in [-0.3, -0.25) is 4.79 Å². The van der Waals surface area contributed by atoms with Crippen LogP contribution in [-0.4, -0.2) is 38.3 Å². The van der Waals surface area contributed by atoms with Crippen molar-refractivity contribution in [3.63, 3.8) is 0 Å². The number of fused-ring (bicyclic) bond motifs is 1. The Labute approximate surface area is 177 Å². The van der Waals surface area contributed by atoms with Crippen molar-refractivity contribution in [3.8, 4) is 11.5 Å². The molecule has 0 radical (unpaired) electrons. The first kappa shape index (κ1) is 20.1. The summed E-state index contributed by atoms with van der Waals surface area (Å²) in [6, 6.07) is 14.1. The van der Waals surface area contributed by atoms with Crippen LogP contribution in [0.15, 0.2) is 47.5 Å². The number of hydrogen-bond donors (Lipinski definition) is 2. The number of carbonyl (C=O) groups excluding carboxylic acids is 1. The molecule has 2 N–H and O–H groups in total. The van der Waals surface area contributed by atoms with Crippen molar-refractivity contribution < 1.29 is 14.3 Å². The number of nitrogens with zero attached hydrogens (tertiary/aromatic N) is 2. The summed E-state index contributed by atoms with van der Waals surface area (Å²) in [6.07, 6.45) is 2.45. The van der Waals surface area contributed by atoms with Crippen LogP contribution in [0.4, 0.5) is 5.69 Å². The average Bonchev–Trinajstić information content (AvgIpc) is 3.41. The Morgan fingerprint density at radius 1 is 1.07 bits per heavy atom. The van der Waals surface area contributed by atoms with E-state index in [9.17, 15) is 4.79 Å². The molecule has 2 aliphatic heterocycles. The maximum Gasteiger partial charge on any atom is 0.231 e. The van der Waals surface area contributed by atoms with Crippen LogP contribution >= 0.6 is 0 Å². The molecule has 2 heterocycles. The van der Waals surface area contributed by atoms with Gasteiger partial charge in [-0.1, -0.05) is 18.2 Å². The van der Waals surface area contributed by atoms with Crippen LogP contribution in [0.25, 0.3) is 0 Å². The van der Waals surface area contributed by atoms with E-state index in [1.165, 1.54) is 5.56 Å². The molecule has 0 unspecified atom stereocenters. The lowest BCUT2D eigenvalue weighted by atomic mass is 10.1. The number of nitrogens with one attached hydrogen (secondary N) is 2. The summed E-state index contributed by atoms with van der Waals surface area (Å²) in [7, 11) is 0.